The van der Waals surface area contributed by atoms with E-state index in [0.717, 1.165) is 12.2 Å². The fourth-order valence-corrected chi connectivity index (χ4v) is 1.73. The van der Waals surface area contributed by atoms with Crippen LogP contribution in [0, 0.1) is 5.92 Å². The molecule has 0 unspecified atom stereocenters. The normalized spacial score (nSPS) is 13.8. The lowest BCUT2D eigenvalue weighted by atomic mass is 10.2. The average molecular weight is 264 g/mol. The summed E-state index contributed by atoms with van der Waals surface area (Å²) in [5, 5.41) is 5.97. The van der Waals surface area contributed by atoms with Crippen molar-refractivity contribution in [3.05, 3.63) is 18.2 Å². The second-order valence-corrected chi connectivity index (χ2v) is 4.70. The zero-order valence-electron chi connectivity index (χ0n) is 11.4. The number of ether oxygens (including phenoxy) is 2. The van der Waals surface area contributed by atoms with Crippen molar-refractivity contribution in [2.45, 2.75) is 12.8 Å². The summed E-state index contributed by atoms with van der Waals surface area (Å²) >= 11 is 0. The summed E-state index contributed by atoms with van der Waals surface area (Å²) in [5.74, 6) is 2.09. The molecular formula is C14H20N2O3. The van der Waals surface area contributed by atoms with Crippen molar-refractivity contribution in [1.29, 1.82) is 0 Å². The second kappa shape index (κ2) is 6.31. The van der Waals surface area contributed by atoms with E-state index in [0.29, 0.717) is 17.4 Å². The third-order valence-electron chi connectivity index (χ3n) is 3.09. The molecule has 0 spiro atoms. The van der Waals surface area contributed by atoms with Crippen LogP contribution in [0.15, 0.2) is 18.2 Å². The Hall–Kier alpha value is -1.91. The number of anilines is 1. The summed E-state index contributed by atoms with van der Waals surface area (Å²) in [6.07, 6.45) is 2.47. The highest BCUT2D eigenvalue weighted by molar-refractivity contribution is 5.80. The Balaban J connectivity index is 1.84. The summed E-state index contributed by atoms with van der Waals surface area (Å²) in [6, 6.07) is 5.45. The molecule has 0 saturated heterocycles. The van der Waals surface area contributed by atoms with Crippen LogP contribution in [0.3, 0.4) is 0 Å². The van der Waals surface area contributed by atoms with Crippen molar-refractivity contribution in [2.75, 3.05) is 32.6 Å². The van der Waals surface area contributed by atoms with Gasteiger partial charge in [-0.2, -0.15) is 0 Å². The molecule has 1 amide bonds. The first-order chi connectivity index (χ1) is 9.21. The van der Waals surface area contributed by atoms with Gasteiger partial charge in [0.05, 0.1) is 20.8 Å². The number of hydrogen-bond acceptors (Lipinski definition) is 4. The fourth-order valence-electron chi connectivity index (χ4n) is 1.73. The van der Waals surface area contributed by atoms with E-state index in [9.17, 15) is 4.79 Å². The molecule has 2 N–H and O–H groups in total. The van der Waals surface area contributed by atoms with Gasteiger partial charge < -0.3 is 20.1 Å². The van der Waals surface area contributed by atoms with Gasteiger partial charge in [-0.05, 0) is 18.8 Å². The molecule has 104 valence electrons. The van der Waals surface area contributed by atoms with Crippen LogP contribution in [-0.4, -0.2) is 33.2 Å². The molecular weight excluding hydrogens is 244 g/mol. The topological polar surface area (TPSA) is 59.6 Å². The molecule has 0 radical (unpaired) electrons. The van der Waals surface area contributed by atoms with Gasteiger partial charge in [-0.15, -0.1) is 0 Å². The summed E-state index contributed by atoms with van der Waals surface area (Å²) in [5.41, 5.74) is 0.803. The van der Waals surface area contributed by atoms with Crippen LogP contribution in [0.5, 0.6) is 11.5 Å². The SMILES string of the molecule is COc1cc(NCC(=O)NCC2CC2)cc(OC)c1. The average Bonchev–Trinajstić information content (AvgIpc) is 3.26. The van der Waals surface area contributed by atoms with E-state index in [2.05, 4.69) is 10.6 Å². The molecule has 0 bridgehead atoms. The van der Waals surface area contributed by atoms with Crippen molar-refractivity contribution in [3.8, 4) is 11.5 Å². The maximum atomic E-state index is 11.6. The first kappa shape index (κ1) is 13.5. The molecule has 0 aromatic heterocycles. The quantitative estimate of drug-likeness (QED) is 0.786. The van der Waals surface area contributed by atoms with E-state index >= 15 is 0 Å². The highest BCUT2D eigenvalue weighted by Crippen LogP contribution is 2.27. The minimum Gasteiger partial charge on any atom is -0.497 e. The molecule has 0 atom stereocenters. The number of nitrogens with one attached hydrogen (secondary N) is 2. The van der Waals surface area contributed by atoms with E-state index in [4.69, 9.17) is 9.47 Å². The predicted octanol–water partition coefficient (Wildman–Crippen LogP) is 1.64. The van der Waals surface area contributed by atoms with E-state index in [-0.39, 0.29) is 12.5 Å². The van der Waals surface area contributed by atoms with Crippen molar-refractivity contribution in [1.82, 2.24) is 5.32 Å². The number of benzene rings is 1. The molecule has 1 aliphatic rings. The molecule has 19 heavy (non-hydrogen) atoms. The van der Waals surface area contributed by atoms with Crippen LogP contribution >= 0.6 is 0 Å². The molecule has 1 aromatic rings. The molecule has 0 heterocycles. The van der Waals surface area contributed by atoms with Gasteiger partial charge in [-0.3, -0.25) is 4.79 Å². The van der Waals surface area contributed by atoms with Crippen molar-refractivity contribution in [2.24, 2.45) is 5.92 Å². The molecule has 1 fully saturated rings. The lowest BCUT2D eigenvalue weighted by molar-refractivity contribution is -0.119. The molecule has 1 aromatic carbocycles. The van der Waals surface area contributed by atoms with Crippen molar-refractivity contribution >= 4 is 11.6 Å². The van der Waals surface area contributed by atoms with Crippen LogP contribution < -0.4 is 20.1 Å². The Morgan fingerprint density at radius 3 is 2.37 bits per heavy atom. The summed E-state index contributed by atoms with van der Waals surface area (Å²) in [6.45, 7) is 1.05. The highest BCUT2D eigenvalue weighted by atomic mass is 16.5. The largest absolute Gasteiger partial charge is 0.497 e. The number of rotatable bonds is 7. The molecule has 5 heteroatoms. The second-order valence-electron chi connectivity index (χ2n) is 4.70. The van der Waals surface area contributed by atoms with Gasteiger partial charge >= 0.3 is 0 Å². The number of hydrogen-bond donors (Lipinski definition) is 2. The number of methoxy groups -OCH3 is 2. The van der Waals surface area contributed by atoms with Gasteiger partial charge in [-0.25, -0.2) is 0 Å². The van der Waals surface area contributed by atoms with E-state index < -0.39 is 0 Å². The maximum Gasteiger partial charge on any atom is 0.239 e. The zero-order valence-corrected chi connectivity index (χ0v) is 11.4. The third kappa shape index (κ3) is 4.35. The van der Waals surface area contributed by atoms with Gasteiger partial charge in [0.1, 0.15) is 11.5 Å². The van der Waals surface area contributed by atoms with Crippen LogP contribution in [0.1, 0.15) is 12.8 Å². The number of carbonyl (C=O) groups is 1. The van der Waals surface area contributed by atoms with Gasteiger partial charge in [0.15, 0.2) is 0 Å². The van der Waals surface area contributed by atoms with Crippen LogP contribution in [0.25, 0.3) is 0 Å². The standard InChI is InChI=1S/C14H20N2O3/c1-18-12-5-11(6-13(7-12)19-2)15-9-14(17)16-8-10-3-4-10/h5-7,10,15H,3-4,8-9H2,1-2H3,(H,16,17). The van der Waals surface area contributed by atoms with Crippen LogP contribution in [0.2, 0.25) is 0 Å². The van der Waals surface area contributed by atoms with E-state index in [1.807, 2.05) is 12.1 Å². The smallest absolute Gasteiger partial charge is 0.239 e. The van der Waals surface area contributed by atoms with Crippen LogP contribution in [-0.2, 0) is 4.79 Å². The fraction of sp³-hybridized carbons (Fsp3) is 0.500. The Morgan fingerprint density at radius 2 is 1.84 bits per heavy atom. The summed E-state index contributed by atoms with van der Waals surface area (Å²) in [7, 11) is 3.20. The van der Waals surface area contributed by atoms with Gasteiger partial charge in [0.2, 0.25) is 5.91 Å². The molecule has 1 saturated carbocycles. The third-order valence-corrected chi connectivity index (χ3v) is 3.09. The minimum absolute atomic E-state index is 0.00804. The first-order valence-corrected chi connectivity index (χ1v) is 6.45. The predicted molar refractivity (Wildman–Crippen MR) is 73.8 cm³/mol. The molecule has 0 aliphatic heterocycles. The Labute approximate surface area is 113 Å². The summed E-state index contributed by atoms with van der Waals surface area (Å²) < 4.78 is 10.3. The first-order valence-electron chi connectivity index (χ1n) is 6.45. The Morgan fingerprint density at radius 1 is 1.21 bits per heavy atom. The summed E-state index contributed by atoms with van der Waals surface area (Å²) in [4.78, 5) is 11.6. The zero-order chi connectivity index (χ0) is 13.7. The maximum absolute atomic E-state index is 11.6. The molecule has 2 rings (SSSR count). The minimum atomic E-state index is 0.00804. The van der Waals surface area contributed by atoms with E-state index in [1.165, 1.54) is 12.8 Å². The Bertz CT molecular complexity index is 422. The van der Waals surface area contributed by atoms with Gasteiger partial charge in [-0.1, -0.05) is 0 Å². The van der Waals surface area contributed by atoms with Gasteiger partial charge in [0, 0.05) is 30.4 Å². The van der Waals surface area contributed by atoms with Crippen molar-refractivity contribution < 1.29 is 14.3 Å². The molecule has 1 aliphatic carbocycles. The number of carbonyl (C=O) groups excluding carboxylic acids is 1. The monoisotopic (exact) mass is 264 g/mol. The van der Waals surface area contributed by atoms with Crippen molar-refractivity contribution in [3.63, 3.8) is 0 Å². The van der Waals surface area contributed by atoms with Crippen LogP contribution in [0.4, 0.5) is 5.69 Å². The van der Waals surface area contributed by atoms with E-state index in [1.54, 1.807) is 20.3 Å². The van der Waals surface area contributed by atoms with Gasteiger partial charge in [0.25, 0.3) is 0 Å². The highest BCUT2D eigenvalue weighted by Gasteiger charge is 2.21. The molecule has 5 nitrogen and oxygen atoms in total. The lowest BCUT2D eigenvalue weighted by Crippen LogP contribution is -2.31. The lowest BCUT2D eigenvalue weighted by Gasteiger charge is -2.10. The Kier molecular flexibility index (Phi) is 4.49. The number of amides is 1.